The van der Waals surface area contributed by atoms with E-state index in [9.17, 15) is 9.59 Å². The summed E-state index contributed by atoms with van der Waals surface area (Å²) in [4.78, 5) is 28.7. The minimum Gasteiger partial charge on any atom is -0.322 e. The SMILES string of the molecule is Cn1cccc(C(=O)Nc2ccc(-c3ccc4nnc(-c5cccnc5)n4n3)cc2)c1=O. The van der Waals surface area contributed by atoms with Crippen LogP contribution in [-0.2, 0) is 7.05 Å². The van der Waals surface area contributed by atoms with Crippen LogP contribution in [0.3, 0.4) is 0 Å². The average Bonchev–Trinajstić information content (AvgIpc) is 3.25. The first-order valence-corrected chi connectivity index (χ1v) is 9.80. The molecule has 5 rings (SSSR count). The Morgan fingerprint density at radius 2 is 1.78 bits per heavy atom. The van der Waals surface area contributed by atoms with Crippen LogP contribution in [-0.4, -0.2) is 35.3 Å². The zero-order valence-electron chi connectivity index (χ0n) is 17.0. The van der Waals surface area contributed by atoms with Gasteiger partial charge in [-0.2, -0.15) is 9.61 Å². The molecule has 4 heterocycles. The highest BCUT2D eigenvalue weighted by Gasteiger charge is 2.13. The lowest BCUT2D eigenvalue weighted by Gasteiger charge is -2.07. The molecule has 0 spiro atoms. The maximum atomic E-state index is 12.5. The van der Waals surface area contributed by atoms with Gasteiger partial charge in [0.15, 0.2) is 11.5 Å². The van der Waals surface area contributed by atoms with Gasteiger partial charge in [0.2, 0.25) is 0 Å². The van der Waals surface area contributed by atoms with Gasteiger partial charge < -0.3 is 9.88 Å². The van der Waals surface area contributed by atoms with Crippen LogP contribution in [0.15, 0.2) is 84.0 Å². The molecular weight excluding hydrogens is 406 g/mol. The van der Waals surface area contributed by atoms with Crippen molar-refractivity contribution in [1.82, 2.24) is 29.4 Å². The third-order valence-electron chi connectivity index (χ3n) is 4.99. The molecule has 0 bridgehead atoms. The quantitative estimate of drug-likeness (QED) is 0.476. The lowest BCUT2D eigenvalue weighted by atomic mass is 10.1. The molecule has 0 fully saturated rings. The third kappa shape index (κ3) is 3.52. The highest BCUT2D eigenvalue weighted by Crippen LogP contribution is 2.22. The highest BCUT2D eigenvalue weighted by molar-refractivity contribution is 6.04. The lowest BCUT2D eigenvalue weighted by molar-refractivity contribution is 0.102. The van der Waals surface area contributed by atoms with Gasteiger partial charge >= 0.3 is 0 Å². The Labute approximate surface area is 182 Å². The maximum Gasteiger partial charge on any atom is 0.263 e. The molecule has 0 unspecified atom stereocenters. The summed E-state index contributed by atoms with van der Waals surface area (Å²) in [6.45, 7) is 0. The second kappa shape index (κ2) is 7.88. The average molecular weight is 423 g/mol. The van der Waals surface area contributed by atoms with Crippen LogP contribution in [0.5, 0.6) is 0 Å². The zero-order chi connectivity index (χ0) is 22.1. The minimum absolute atomic E-state index is 0.0849. The van der Waals surface area contributed by atoms with E-state index in [1.54, 1.807) is 48.4 Å². The topological polar surface area (TPSA) is 107 Å². The van der Waals surface area contributed by atoms with Crippen LogP contribution < -0.4 is 10.9 Å². The Morgan fingerprint density at radius 3 is 2.56 bits per heavy atom. The fourth-order valence-electron chi connectivity index (χ4n) is 3.31. The number of amides is 1. The summed E-state index contributed by atoms with van der Waals surface area (Å²) in [5.74, 6) is 0.146. The molecule has 1 amide bonds. The fraction of sp³-hybridized carbons (Fsp3) is 0.0435. The first kappa shape index (κ1) is 19.3. The largest absolute Gasteiger partial charge is 0.322 e. The van der Waals surface area contributed by atoms with Gasteiger partial charge in [-0.1, -0.05) is 12.1 Å². The van der Waals surface area contributed by atoms with Crippen molar-refractivity contribution in [2.75, 3.05) is 5.32 Å². The van der Waals surface area contributed by atoms with Crippen molar-refractivity contribution in [3.63, 3.8) is 0 Å². The predicted octanol–water partition coefficient (Wildman–Crippen LogP) is 2.80. The van der Waals surface area contributed by atoms with E-state index in [4.69, 9.17) is 0 Å². The van der Waals surface area contributed by atoms with Crippen molar-refractivity contribution in [2.24, 2.45) is 7.05 Å². The number of hydrogen-bond donors (Lipinski definition) is 1. The van der Waals surface area contributed by atoms with Gasteiger partial charge in [-0.3, -0.25) is 14.6 Å². The summed E-state index contributed by atoms with van der Waals surface area (Å²) in [5.41, 5.74) is 3.32. The Hall–Kier alpha value is -4.66. The zero-order valence-corrected chi connectivity index (χ0v) is 17.0. The van der Waals surface area contributed by atoms with Crippen molar-refractivity contribution < 1.29 is 4.79 Å². The van der Waals surface area contributed by atoms with Crippen LogP contribution in [0.4, 0.5) is 5.69 Å². The smallest absolute Gasteiger partial charge is 0.263 e. The standard InChI is InChI=1S/C23H17N7O2/c1-29-13-3-5-18(23(29)32)22(31)25-17-8-6-15(7-9-17)19-10-11-20-26-27-21(30(20)28-19)16-4-2-12-24-14-16/h2-14H,1H3,(H,25,31). The van der Waals surface area contributed by atoms with Crippen LogP contribution >= 0.6 is 0 Å². The van der Waals surface area contributed by atoms with E-state index >= 15 is 0 Å². The predicted molar refractivity (Wildman–Crippen MR) is 119 cm³/mol. The number of benzene rings is 1. The molecule has 1 aromatic carbocycles. The van der Waals surface area contributed by atoms with E-state index in [2.05, 4.69) is 25.6 Å². The van der Waals surface area contributed by atoms with Crippen molar-refractivity contribution in [3.8, 4) is 22.6 Å². The number of fused-ring (bicyclic) bond motifs is 1. The molecule has 0 aliphatic carbocycles. The number of pyridine rings is 2. The molecule has 0 saturated carbocycles. The number of hydrogen-bond acceptors (Lipinski definition) is 6. The molecule has 9 nitrogen and oxygen atoms in total. The van der Waals surface area contributed by atoms with Gasteiger partial charge in [-0.25, -0.2) is 0 Å². The Bertz CT molecular complexity index is 1490. The normalized spacial score (nSPS) is 10.9. The molecule has 0 atom stereocenters. The van der Waals surface area contributed by atoms with Gasteiger partial charge in [0.25, 0.3) is 11.5 Å². The Kier molecular flexibility index (Phi) is 4.75. The van der Waals surface area contributed by atoms with Crippen LogP contribution in [0.2, 0.25) is 0 Å². The Balaban J connectivity index is 1.42. The summed E-state index contributed by atoms with van der Waals surface area (Å²) in [7, 11) is 1.60. The molecule has 9 heteroatoms. The number of aryl methyl sites for hydroxylation is 1. The summed E-state index contributed by atoms with van der Waals surface area (Å²) in [6.07, 6.45) is 5.01. The number of nitrogens with one attached hydrogen (secondary N) is 1. The second-order valence-corrected chi connectivity index (χ2v) is 7.12. The van der Waals surface area contributed by atoms with E-state index in [-0.39, 0.29) is 11.1 Å². The first-order valence-electron chi connectivity index (χ1n) is 9.80. The molecule has 1 N–H and O–H groups in total. The molecule has 5 aromatic rings. The summed E-state index contributed by atoms with van der Waals surface area (Å²) < 4.78 is 3.04. The molecule has 0 radical (unpaired) electrons. The van der Waals surface area contributed by atoms with E-state index < -0.39 is 5.91 Å². The van der Waals surface area contributed by atoms with Crippen molar-refractivity contribution in [1.29, 1.82) is 0 Å². The number of aromatic nitrogens is 6. The number of rotatable bonds is 4. The fourth-order valence-corrected chi connectivity index (χ4v) is 3.31. The van der Waals surface area contributed by atoms with E-state index in [0.29, 0.717) is 17.2 Å². The number of anilines is 1. The molecule has 32 heavy (non-hydrogen) atoms. The molecular formula is C23H17N7O2. The van der Waals surface area contributed by atoms with Crippen LogP contribution in [0, 0.1) is 0 Å². The number of carbonyl (C=O) groups is 1. The molecule has 4 aromatic heterocycles. The van der Waals surface area contributed by atoms with Crippen molar-refractivity contribution in [2.45, 2.75) is 0 Å². The summed E-state index contributed by atoms with van der Waals surface area (Å²) >= 11 is 0. The summed E-state index contributed by atoms with van der Waals surface area (Å²) in [6, 6.07) is 17.8. The molecule has 0 aliphatic heterocycles. The van der Waals surface area contributed by atoms with Gasteiger partial charge in [0.05, 0.1) is 5.69 Å². The number of carbonyl (C=O) groups excluding carboxylic acids is 1. The summed E-state index contributed by atoms with van der Waals surface area (Å²) in [5, 5.41) is 15.8. The van der Waals surface area contributed by atoms with Crippen molar-refractivity contribution >= 4 is 17.2 Å². The highest BCUT2D eigenvalue weighted by atomic mass is 16.2. The van der Waals surface area contributed by atoms with E-state index in [1.807, 2.05) is 36.4 Å². The van der Waals surface area contributed by atoms with Gasteiger partial charge in [-0.05, 0) is 48.5 Å². The van der Waals surface area contributed by atoms with Gasteiger partial charge in [0.1, 0.15) is 5.56 Å². The van der Waals surface area contributed by atoms with E-state index in [0.717, 1.165) is 16.8 Å². The Morgan fingerprint density at radius 1 is 0.938 bits per heavy atom. The minimum atomic E-state index is -0.455. The molecule has 0 aliphatic rings. The first-order chi connectivity index (χ1) is 15.6. The van der Waals surface area contributed by atoms with Crippen LogP contribution in [0.25, 0.3) is 28.3 Å². The third-order valence-corrected chi connectivity index (χ3v) is 4.99. The van der Waals surface area contributed by atoms with Crippen LogP contribution in [0.1, 0.15) is 10.4 Å². The van der Waals surface area contributed by atoms with Gasteiger partial charge in [0, 0.05) is 42.5 Å². The molecule has 156 valence electrons. The van der Waals surface area contributed by atoms with Crippen molar-refractivity contribution in [3.05, 3.63) is 95.2 Å². The second-order valence-electron chi connectivity index (χ2n) is 7.12. The lowest BCUT2D eigenvalue weighted by Crippen LogP contribution is -2.26. The monoisotopic (exact) mass is 423 g/mol. The van der Waals surface area contributed by atoms with Gasteiger partial charge in [-0.15, -0.1) is 10.2 Å². The number of nitrogens with zero attached hydrogens (tertiary/aromatic N) is 6. The molecule has 0 saturated heterocycles. The maximum absolute atomic E-state index is 12.5. The van der Waals surface area contributed by atoms with E-state index in [1.165, 1.54) is 10.6 Å².